The van der Waals surface area contributed by atoms with Gasteiger partial charge in [-0.25, -0.2) is 0 Å². The Hall–Kier alpha value is -3.01. The highest BCUT2D eigenvalue weighted by Crippen LogP contribution is 2.26. The summed E-state index contributed by atoms with van der Waals surface area (Å²) in [5.41, 5.74) is 0.371. The molecule has 24 heavy (non-hydrogen) atoms. The number of nitrogens with one attached hydrogen (secondary N) is 1. The van der Waals surface area contributed by atoms with Gasteiger partial charge in [0, 0.05) is 25.5 Å². The van der Waals surface area contributed by atoms with Crippen molar-refractivity contribution < 1.29 is 14.0 Å². The van der Waals surface area contributed by atoms with E-state index in [1.807, 2.05) is 13.0 Å². The van der Waals surface area contributed by atoms with Crippen molar-refractivity contribution in [2.75, 3.05) is 19.6 Å². The molecule has 0 saturated carbocycles. The predicted octanol–water partition coefficient (Wildman–Crippen LogP) is 1.85. The molecule has 2 aromatic heterocycles. The summed E-state index contributed by atoms with van der Waals surface area (Å²) < 4.78 is 7.28. The van der Waals surface area contributed by atoms with Crippen molar-refractivity contribution in [3.05, 3.63) is 41.4 Å². The van der Waals surface area contributed by atoms with Gasteiger partial charge in [0.15, 0.2) is 0 Å². The zero-order valence-corrected chi connectivity index (χ0v) is 14.0. The minimum Gasteiger partial charge on any atom is -0.443 e. The standard InChI is InChI=1S/C17H20N4O3/c1-4-19-14(22)11-20(5-2)16(23)15-12(3)24-17(13(15)10-18)21-8-6-7-9-21/h6-9H,4-5,11H2,1-3H3,(H,19,22). The maximum atomic E-state index is 12.8. The molecular formula is C17H20N4O3. The topological polar surface area (TPSA) is 91.3 Å². The molecule has 126 valence electrons. The van der Waals surface area contributed by atoms with E-state index in [1.165, 1.54) is 4.90 Å². The van der Waals surface area contributed by atoms with Gasteiger partial charge in [-0.05, 0) is 32.9 Å². The third kappa shape index (κ3) is 3.33. The number of aryl methyl sites for hydroxylation is 1. The molecule has 0 aliphatic rings. The lowest BCUT2D eigenvalue weighted by molar-refractivity contribution is -0.121. The quantitative estimate of drug-likeness (QED) is 0.876. The van der Waals surface area contributed by atoms with Crippen LogP contribution in [0.4, 0.5) is 0 Å². The number of carbonyl (C=O) groups excluding carboxylic acids is 2. The Kier molecular flexibility index (Phi) is 5.42. The van der Waals surface area contributed by atoms with Gasteiger partial charge >= 0.3 is 0 Å². The fraction of sp³-hybridized carbons (Fsp3) is 0.353. The summed E-state index contributed by atoms with van der Waals surface area (Å²) in [5.74, 6) is 0.0324. The average Bonchev–Trinajstić information content (AvgIpc) is 3.19. The molecule has 0 aromatic carbocycles. The highest BCUT2D eigenvalue weighted by molar-refractivity contribution is 6.00. The van der Waals surface area contributed by atoms with Gasteiger partial charge in [-0.15, -0.1) is 0 Å². The molecule has 0 atom stereocenters. The Morgan fingerprint density at radius 2 is 2.00 bits per heavy atom. The summed E-state index contributed by atoms with van der Waals surface area (Å²) in [4.78, 5) is 26.0. The van der Waals surface area contributed by atoms with E-state index in [-0.39, 0.29) is 29.5 Å². The highest BCUT2D eigenvalue weighted by atomic mass is 16.4. The minimum absolute atomic E-state index is 0.0580. The number of carbonyl (C=O) groups is 2. The van der Waals surface area contributed by atoms with Crippen LogP contribution in [-0.2, 0) is 4.79 Å². The Bertz CT molecular complexity index is 769. The second-order valence-corrected chi connectivity index (χ2v) is 5.19. The van der Waals surface area contributed by atoms with Crippen molar-refractivity contribution in [2.45, 2.75) is 20.8 Å². The Balaban J connectivity index is 2.38. The minimum atomic E-state index is -0.389. The summed E-state index contributed by atoms with van der Waals surface area (Å²) >= 11 is 0. The van der Waals surface area contributed by atoms with Crippen LogP contribution in [0.2, 0.25) is 0 Å². The van der Waals surface area contributed by atoms with Crippen LogP contribution in [0.1, 0.15) is 35.5 Å². The van der Waals surface area contributed by atoms with Crippen molar-refractivity contribution in [3.63, 3.8) is 0 Å². The molecule has 7 heteroatoms. The number of rotatable bonds is 6. The zero-order chi connectivity index (χ0) is 17.7. The van der Waals surface area contributed by atoms with Gasteiger partial charge in [0.05, 0.1) is 6.54 Å². The molecule has 0 radical (unpaired) electrons. The Labute approximate surface area is 140 Å². The molecule has 0 saturated heterocycles. The van der Waals surface area contributed by atoms with Gasteiger partial charge in [0.25, 0.3) is 5.91 Å². The molecule has 2 heterocycles. The third-order valence-electron chi connectivity index (χ3n) is 3.61. The first-order valence-corrected chi connectivity index (χ1v) is 7.76. The monoisotopic (exact) mass is 328 g/mol. The predicted molar refractivity (Wildman–Crippen MR) is 87.7 cm³/mol. The number of nitriles is 1. The van der Waals surface area contributed by atoms with Crippen LogP contribution < -0.4 is 5.32 Å². The van der Waals surface area contributed by atoms with Crippen molar-refractivity contribution in [3.8, 4) is 12.0 Å². The van der Waals surface area contributed by atoms with Crippen LogP contribution in [0.25, 0.3) is 5.88 Å². The van der Waals surface area contributed by atoms with Gasteiger partial charge in [-0.1, -0.05) is 0 Å². The number of amides is 2. The summed E-state index contributed by atoms with van der Waals surface area (Å²) in [6.07, 6.45) is 3.47. The Morgan fingerprint density at radius 1 is 1.33 bits per heavy atom. The number of aromatic nitrogens is 1. The van der Waals surface area contributed by atoms with Crippen LogP contribution in [0.3, 0.4) is 0 Å². The van der Waals surface area contributed by atoms with Crippen LogP contribution in [0.15, 0.2) is 28.9 Å². The summed E-state index contributed by atoms with van der Waals surface area (Å²) in [6, 6.07) is 5.65. The van der Waals surface area contributed by atoms with Crippen molar-refractivity contribution in [2.24, 2.45) is 0 Å². The lowest BCUT2D eigenvalue weighted by Crippen LogP contribution is -2.40. The van der Waals surface area contributed by atoms with E-state index in [1.54, 1.807) is 42.9 Å². The number of hydrogen-bond acceptors (Lipinski definition) is 4. The van der Waals surface area contributed by atoms with Crippen LogP contribution in [0.5, 0.6) is 0 Å². The molecule has 0 aliphatic heterocycles. The number of nitrogens with zero attached hydrogens (tertiary/aromatic N) is 3. The fourth-order valence-corrected chi connectivity index (χ4v) is 2.45. The molecular weight excluding hydrogens is 308 g/mol. The van der Waals surface area contributed by atoms with Gasteiger partial charge < -0.3 is 14.6 Å². The van der Waals surface area contributed by atoms with E-state index >= 15 is 0 Å². The van der Waals surface area contributed by atoms with Gasteiger partial charge in [0.1, 0.15) is 23.0 Å². The molecule has 0 aliphatic carbocycles. The van der Waals surface area contributed by atoms with E-state index in [9.17, 15) is 14.9 Å². The number of likely N-dealkylation sites (N-methyl/N-ethyl adjacent to an activating group) is 2. The molecule has 2 amide bonds. The number of hydrogen-bond donors (Lipinski definition) is 1. The van der Waals surface area contributed by atoms with E-state index in [0.717, 1.165) is 0 Å². The maximum absolute atomic E-state index is 12.8. The van der Waals surface area contributed by atoms with Crippen LogP contribution in [0, 0.1) is 18.3 Å². The average molecular weight is 328 g/mol. The second kappa shape index (κ2) is 7.51. The maximum Gasteiger partial charge on any atom is 0.259 e. The van der Waals surface area contributed by atoms with Crippen molar-refractivity contribution in [1.29, 1.82) is 5.26 Å². The number of furan rings is 1. The largest absolute Gasteiger partial charge is 0.443 e. The van der Waals surface area contributed by atoms with E-state index in [0.29, 0.717) is 24.7 Å². The van der Waals surface area contributed by atoms with E-state index in [2.05, 4.69) is 5.32 Å². The first kappa shape index (κ1) is 17.3. The molecule has 1 N–H and O–H groups in total. The smallest absolute Gasteiger partial charge is 0.259 e. The zero-order valence-electron chi connectivity index (χ0n) is 14.0. The second-order valence-electron chi connectivity index (χ2n) is 5.19. The van der Waals surface area contributed by atoms with Crippen LogP contribution >= 0.6 is 0 Å². The fourth-order valence-electron chi connectivity index (χ4n) is 2.45. The van der Waals surface area contributed by atoms with Gasteiger partial charge in [0.2, 0.25) is 11.8 Å². The molecule has 0 bridgehead atoms. The summed E-state index contributed by atoms with van der Waals surface area (Å²) in [7, 11) is 0. The van der Waals surface area contributed by atoms with Crippen molar-refractivity contribution in [1.82, 2.24) is 14.8 Å². The summed E-state index contributed by atoms with van der Waals surface area (Å²) in [5, 5.41) is 12.2. The summed E-state index contributed by atoms with van der Waals surface area (Å²) in [6.45, 7) is 6.03. The molecule has 7 nitrogen and oxygen atoms in total. The third-order valence-corrected chi connectivity index (χ3v) is 3.61. The molecule has 0 unspecified atom stereocenters. The molecule has 2 aromatic rings. The van der Waals surface area contributed by atoms with Crippen LogP contribution in [-0.4, -0.2) is 40.9 Å². The first-order valence-electron chi connectivity index (χ1n) is 7.76. The van der Waals surface area contributed by atoms with Crippen molar-refractivity contribution >= 4 is 11.8 Å². The normalized spacial score (nSPS) is 10.2. The van der Waals surface area contributed by atoms with Gasteiger partial charge in [-0.3, -0.25) is 14.2 Å². The highest BCUT2D eigenvalue weighted by Gasteiger charge is 2.28. The first-order chi connectivity index (χ1) is 11.5. The van der Waals surface area contributed by atoms with E-state index < -0.39 is 0 Å². The Morgan fingerprint density at radius 3 is 2.54 bits per heavy atom. The van der Waals surface area contributed by atoms with Gasteiger partial charge in [-0.2, -0.15) is 5.26 Å². The lowest BCUT2D eigenvalue weighted by atomic mass is 10.1. The molecule has 2 rings (SSSR count). The SMILES string of the molecule is CCNC(=O)CN(CC)C(=O)c1c(C)oc(-n2cccc2)c1C#N. The molecule has 0 fully saturated rings. The van der Waals surface area contributed by atoms with E-state index in [4.69, 9.17) is 4.42 Å². The molecule has 0 spiro atoms. The lowest BCUT2D eigenvalue weighted by Gasteiger charge is -2.20.